The van der Waals surface area contributed by atoms with E-state index in [0.717, 1.165) is 21.4 Å². The molecule has 4 heterocycles. The van der Waals surface area contributed by atoms with Crippen molar-refractivity contribution in [2.24, 2.45) is 0 Å². The summed E-state index contributed by atoms with van der Waals surface area (Å²) in [4.78, 5) is 51.8. The Hall–Kier alpha value is -5.08. The number of thiazole rings is 1. The van der Waals surface area contributed by atoms with Gasteiger partial charge in [-0.25, -0.2) is 4.98 Å². The molecule has 8 rings (SSSR count). The van der Waals surface area contributed by atoms with Crippen molar-refractivity contribution < 1.29 is 14.0 Å². The van der Waals surface area contributed by atoms with Crippen molar-refractivity contribution in [1.29, 1.82) is 0 Å². The number of carbonyl (C=O) groups excluding carboxylic acids is 2. The molecule has 0 aliphatic carbocycles. The lowest BCUT2D eigenvalue weighted by Crippen LogP contribution is -2.53. The van der Waals surface area contributed by atoms with Gasteiger partial charge in [-0.1, -0.05) is 72.0 Å². The summed E-state index contributed by atoms with van der Waals surface area (Å²) in [5.41, 5.74) is 3.10. The van der Waals surface area contributed by atoms with Gasteiger partial charge in [0.15, 0.2) is 16.1 Å². The first-order valence-corrected chi connectivity index (χ1v) is 14.5. The van der Waals surface area contributed by atoms with Gasteiger partial charge in [0, 0.05) is 5.56 Å². The Morgan fingerprint density at radius 2 is 1.64 bits per heavy atom. The molecule has 2 aromatic heterocycles. The summed E-state index contributed by atoms with van der Waals surface area (Å²) in [7, 11) is 0. The number of aromatic nitrogens is 1. The van der Waals surface area contributed by atoms with Crippen LogP contribution in [0.15, 0.2) is 100 Å². The molecule has 8 heteroatoms. The average molecular weight is 570 g/mol. The van der Waals surface area contributed by atoms with E-state index in [1.165, 1.54) is 16.2 Å². The smallest absolute Gasteiger partial charge is 0.297 e. The minimum atomic E-state index is -1.78. The highest BCUT2D eigenvalue weighted by molar-refractivity contribution is 7.22. The Kier molecular flexibility index (Phi) is 5.12. The fraction of sp³-hybridized carbons (Fsp3) is 0.118. The normalized spacial score (nSPS) is 17.6. The summed E-state index contributed by atoms with van der Waals surface area (Å²) >= 11 is 1.32. The summed E-state index contributed by atoms with van der Waals surface area (Å²) in [6.07, 6.45) is 0. The van der Waals surface area contributed by atoms with Gasteiger partial charge in [-0.3, -0.25) is 19.3 Å². The number of aryl methyl sites for hydroxylation is 2. The van der Waals surface area contributed by atoms with Crippen molar-refractivity contribution in [3.8, 4) is 0 Å². The SMILES string of the molecule is Cc1ccc2nc(N3C(=O)c4oc5ccccc5c(=O)c4C34C(=O)N(Cc3ccccc3C)c3ccccc34)sc2c1. The lowest BCUT2D eigenvalue weighted by atomic mass is 9.84. The molecule has 2 aliphatic rings. The Labute approximate surface area is 244 Å². The number of anilines is 2. The molecule has 1 unspecified atom stereocenters. The van der Waals surface area contributed by atoms with Crippen LogP contribution >= 0.6 is 11.3 Å². The van der Waals surface area contributed by atoms with Crippen LogP contribution in [0.5, 0.6) is 0 Å². The minimum Gasteiger partial charge on any atom is -0.450 e. The molecule has 0 N–H and O–H groups in total. The number of benzene rings is 4. The summed E-state index contributed by atoms with van der Waals surface area (Å²) < 4.78 is 7.06. The molecule has 42 heavy (non-hydrogen) atoms. The molecule has 0 bridgehead atoms. The van der Waals surface area contributed by atoms with E-state index in [1.807, 2.05) is 80.6 Å². The van der Waals surface area contributed by atoms with Crippen LogP contribution in [-0.4, -0.2) is 16.8 Å². The second-order valence-corrected chi connectivity index (χ2v) is 11.8. The number of hydrogen-bond donors (Lipinski definition) is 0. The molecule has 0 saturated carbocycles. The van der Waals surface area contributed by atoms with E-state index in [1.54, 1.807) is 29.2 Å². The van der Waals surface area contributed by atoms with E-state index in [2.05, 4.69) is 0 Å². The summed E-state index contributed by atoms with van der Waals surface area (Å²) in [5, 5.41) is 0.643. The van der Waals surface area contributed by atoms with Crippen LogP contribution in [0.4, 0.5) is 10.8 Å². The van der Waals surface area contributed by atoms with Crippen molar-refractivity contribution >= 4 is 55.2 Å². The average Bonchev–Trinajstić information content (AvgIpc) is 3.60. The molecule has 0 fully saturated rings. The minimum absolute atomic E-state index is 0.0337. The van der Waals surface area contributed by atoms with Crippen LogP contribution in [0.1, 0.15) is 38.4 Å². The zero-order valence-electron chi connectivity index (χ0n) is 22.8. The van der Waals surface area contributed by atoms with Gasteiger partial charge in [-0.05, 0) is 60.9 Å². The van der Waals surface area contributed by atoms with E-state index < -0.39 is 22.8 Å². The van der Waals surface area contributed by atoms with Gasteiger partial charge in [0.2, 0.25) is 5.76 Å². The Balaban J connectivity index is 1.46. The number of rotatable bonds is 3. The molecule has 7 nitrogen and oxygen atoms in total. The van der Waals surface area contributed by atoms with Crippen LogP contribution in [0.2, 0.25) is 0 Å². The Morgan fingerprint density at radius 1 is 0.881 bits per heavy atom. The lowest BCUT2D eigenvalue weighted by Gasteiger charge is -2.32. The third-order valence-corrected chi connectivity index (χ3v) is 9.35. The number of hydrogen-bond acceptors (Lipinski definition) is 6. The summed E-state index contributed by atoms with van der Waals surface area (Å²) in [6, 6.07) is 28.0. The van der Waals surface area contributed by atoms with E-state index in [4.69, 9.17) is 9.40 Å². The predicted molar refractivity (Wildman–Crippen MR) is 163 cm³/mol. The summed E-state index contributed by atoms with van der Waals surface area (Å²) in [5.74, 6) is -1.09. The van der Waals surface area contributed by atoms with Crippen LogP contribution in [-0.2, 0) is 16.9 Å². The van der Waals surface area contributed by atoms with Gasteiger partial charge < -0.3 is 9.32 Å². The zero-order valence-corrected chi connectivity index (χ0v) is 23.6. The van der Waals surface area contributed by atoms with Gasteiger partial charge in [0.25, 0.3) is 11.8 Å². The molecule has 4 aromatic carbocycles. The number of para-hydroxylation sites is 2. The zero-order chi connectivity index (χ0) is 28.7. The molecule has 2 aliphatic heterocycles. The number of fused-ring (bicyclic) bond motifs is 6. The highest BCUT2D eigenvalue weighted by Gasteiger charge is 2.66. The molecule has 0 radical (unpaired) electrons. The maximum absolute atomic E-state index is 15.1. The number of nitrogens with zero attached hydrogens (tertiary/aromatic N) is 3. The molecule has 0 saturated heterocycles. The third kappa shape index (κ3) is 3.15. The molecule has 1 atom stereocenters. The van der Waals surface area contributed by atoms with Gasteiger partial charge in [0.1, 0.15) is 5.58 Å². The van der Waals surface area contributed by atoms with Crippen molar-refractivity contribution in [2.45, 2.75) is 25.9 Å². The maximum atomic E-state index is 15.1. The number of amides is 2. The fourth-order valence-electron chi connectivity index (χ4n) is 6.34. The summed E-state index contributed by atoms with van der Waals surface area (Å²) in [6.45, 7) is 4.27. The Bertz CT molecular complexity index is 2200. The highest BCUT2D eigenvalue weighted by atomic mass is 32.1. The second kappa shape index (κ2) is 8.71. The van der Waals surface area contributed by atoms with E-state index >= 15 is 4.79 Å². The van der Waals surface area contributed by atoms with Crippen LogP contribution in [0.3, 0.4) is 0 Å². The van der Waals surface area contributed by atoms with Gasteiger partial charge in [-0.2, -0.15) is 0 Å². The fourth-order valence-corrected chi connectivity index (χ4v) is 7.45. The third-order valence-electron chi connectivity index (χ3n) is 8.35. The van der Waals surface area contributed by atoms with Gasteiger partial charge in [0.05, 0.1) is 33.4 Å². The van der Waals surface area contributed by atoms with E-state index in [-0.39, 0.29) is 17.9 Å². The molecule has 204 valence electrons. The molecular formula is C34H23N3O4S. The number of carbonyl (C=O) groups is 2. The Morgan fingerprint density at radius 3 is 2.50 bits per heavy atom. The van der Waals surface area contributed by atoms with Crippen LogP contribution in [0, 0.1) is 13.8 Å². The van der Waals surface area contributed by atoms with E-state index in [9.17, 15) is 9.59 Å². The predicted octanol–water partition coefficient (Wildman–Crippen LogP) is 6.47. The molecular weight excluding hydrogens is 546 g/mol. The first-order chi connectivity index (χ1) is 20.4. The topological polar surface area (TPSA) is 83.7 Å². The second-order valence-electron chi connectivity index (χ2n) is 10.8. The molecule has 6 aromatic rings. The van der Waals surface area contributed by atoms with Crippen molar-refractivity contribution in [1.82, 2.24) is 4.98 Å². The molecule has 1 spiro atoms. The van der Waals surface area contributed by atoms with Crippen LogP contribution in [0.25, 0.3) is 21.2 Å². The molecule has 2 amide bonds. The van der Waals surface area contributed by atoms with Crippen molar-refractivity contribution in [2.75, 3.05) is 9.80 Å². The first kappa shape index (κ1) is 24.7. The van der Waals surface area contributed by atoms with Gasteiger partial charge in [-0.15, -0.1) is 0 Å². The van der Waals surface area contributed by atoms with Crippen molar-refractivity contribution in [3.63, 3.8) is 0 Å². The monoisotopic (exact) mass is 569 g/mol. The quantitative estimate of drug-likeness (QED) is 0.244. The lowest BCUT2D eigenvalue weighted by molar-refractivity contribution is -0.121. The maximum Gasteiger partial charge on any atom is 0.297 e. The van der Waals surface area contributed by atoms with E-state index in [0.29, 0.717) is 32.9 Å². The largest absolute Gasteiger partial charge is 0.450 e. The standard InChI is InChI=1S/C34H23N3O4S/c1-19-15-16-24-27(17-19)42-33(35-24)37-31(39)30-28(29(38)22-11-5-8-14-26(22)41-30)34(37)23-12-6-7-13-25(23)36(32(34)40)18-21-10-4-3-9-20(21)2/h3-17H,18H2,1-2H3. The van der Waals surface area contributed by atoms with Crippen molar-refractivity contribution in [3.05, 3.63) is 135 Å². The first-order valence-electron chi connectivity index (χ1n) is 13.6. The van der Waals surface area contributed by atoms with Gasteiger partial charge >= 0.3 is 0 Å². The highest BCUT2D eigenvalue weighted by Crippen LogP contribution is 2.55. The van der Waals surface area contributed by atoms with Crippen LogP contribution < -0.4 is 15.2 Å².